The van der Waals surface area contributed by atoms with Crippen LogP contribution < -0.4 is 16.2 Å². The Morgan fingerprint density at radius 1 is 1.22 bits per heavy atom. The van der Waals surface area contributed by atoms with Crippen LogP contribution in [0.3, 0.4) is 0 Å². The minimum atomic E-state index is -4.70. The highest BCUT2D eigenvalue weighted by Gasteiger charge is 2.34. The maximum absolute atomic E-state index is 13.8. The Bertz CT molecular complexity index is 1700. The number of aromatic nitrogens is 4. The molecule has 0 unspecified atom stereocenters. The molecule has 2 aromatic carbocycles. The second kappa shape index (κ2) is 8.26. The molecular formula is C24H18F3N5O4. The van der Waals surface area contributed by atoms with E-state index in [1.54, 1.807) is 19.9 Å². The summed E-state index contributed by atoms with van der Waals surface area (Å²) in [5, 5.41) is 4.27. The fourth-order valence-electron chi connectivity index (χ4n) is 4.28. The summed E-state index contributed by atoms with van der Waals surface area (Å²) in [6.45, 7) is 2.97. The van der Waals surface area contributed by atoms with Gasteiger partial charge in [0.15, 0.2) is 6.61 Å². The number of aryl methyl sites for hydroxylation is 2. The van der Waals surface area contributed by atoms with E-state index in [0.717, 1.165) is 10.6 Å². The zero-order chi connectivity index (χ0) is 25.8. The van der Waals surface area contributed by atoms with E-state index in [1.165, 1.54) is 30.5 Å². The molecule has 5 aromatic rings. The van der Waals surface area contributed by atoms with Crippen molar-refractivity contribution >= 4 is 27.8 Å². The Morgan fingerprint density at radius 3 is 2.64 bits per heavy atom. The molecule has 3 N–H and O–H groups in total. The first-order valence-electron chi connectivity index (χ1n) is 10.6. The lowest BCUT2D eigenvalue weighted by atomic mass is 10.00. The minimum Gasteiger partial charge on any atom is -0.483 e. The van der Waals surface area contributed by atoms with E-state index in [2.05, 4.69) is 15.1 Å². The number of aromatic amines is 1. The van der Waals surface area contributed by atoms with Crippen molar-refractivity contribution in [1.29, 1.82) is 0 Å². The molecule has 3 aromatic heterocycles. The molecule has 0 fully saturated rings. The number of primary amides is 1. The molecule has 184 valence electrons. The molecular weight excluding hydrogens is 479 g/mol. The molecule has 0 radical (unpaired) electrons. The number of H-pyrrole nitrogens is 1. The third-order valence-electron chi connectivity index (χ3n) is 5.73. The topological polar surface area (TPSA) is 129 Å². The second-order valence-electron chi connectivity index (χ2n) is 8.12. The van der Waals surface area contributed by atoms with E-state index in [4.69, 9.17) is 15.0 Å². The molecule has 3 heterocycles. The average Bonchev–Trinajstić information content (AvgIpc) is 3.34. The van der Waals surface area contributed by atoms with E-state index in [1.807, 2.05) is 0 Å². The zero-order valence-electron chi connectivity index (χ0n) is 18.9. The van der Waals surface area contributed by atoms with Gasteiger partial charge in [-0.25, -0.2) is 4.79 Å². The summed E-state index contributed by atoms with van der Waals surface area (Å²) in [4.78, 5) is 31.3. The van der Waals surface area contributed by atoms with Crippen LogP contribution in [0.15, 0.2) is 51.9 Å². The van der Waals surface area contributed by atoms with Crippen molar-refractivity contribution in [3.63, 3.8) is 0 Å². The SMILES string of the molecule is Cc1noc(C)c1-c1cc2ncc3[nH]c(=O)n(-c4ccccc4C(F)(F)F)c3c2cc1OCC(N)=O. The predicted molar refractivity (Wildman–Crippen MR) is 124 cm³/mol. The van der Waals surface area contributed by atoms with Crippen LogP contribution in [0.4, 0.5) is 13.2 Å². The van der Waals surface area contributed by atoms with Crippen LogP contribution >= 0.6 is 0 Å². The Labute approximate surface area is 200 Å². The van der Waals surface area contributed by atoms with Gasteiger partial charge in [0, 0.05) is 10.9 Å². The quantitative estimate of drug-likeness (QED) is 0.377. The van der Waals surface area contributed by atoms with Crippen molar-refractivity contribution < 1.29 is 27.2 Å². The normalized spacial score (nSPS) is 11.9. The number of carbonyl (C=O) groups is 1. The molecule has 5 rings (SSSR count). The van der Waals surface area contributed by atoms with E-state index < -0.39 is 29.9 Å². The number of nitrogens with zero attached hydrogens (tertiary/aromatic N) is 3. The molecule has 0 bridgehead atoms. The number of amides is 1. The Balaban J connectivity index is 1.87. The van der Waals surface area contributed by atoms with E-state index >= 15 is 0 Å². The van der Waals surface area contributed by atoms with Gasteiger partial charge < -0.3 is 20.0 Å². The minimum absolute atomic E-state index is 0.163. The van der Waals surface area contributed by atoms with Crippen molar-refractivity contribution in [2.75, 3.05) is 6.61 Å². The number of hydrogen-bond donors (Lipinski definition) is 2. The number of rotatable bonds is 5. The van der Waals surface area contributed by atoms with Crippen molar-refractivity contribution in [3.05, 3.63) is 70.1 Å². The molecule has 9 nitrogen and oxygen atoms in total. The number of benzene rings is 2. The lowest BCUT2D eigenvalue weighted by Crippen LogP contribution is -2.20. The van der Waals surface area contributed by atoms with Gasteiger partial charge in [-0.2, -0.15) is 13.2 Å². The Hall–Kier alpha value is -4.61. The summed E-state index contributed by atoms with van der Waals surface area (Å²) in [7, 11) is 0. The number of para-hydroxylation sites is 1. The summed E-state index contributed by atoms with van der Waals surface area (Å²) in [5.41, 5.74) is 5.57. The third kappa shape index (κ3) is 3.76. The molecule has 0 aliphatic rings. The van der Waals surface area contributed by atoms with Gasteiger partial charge in [0.2, 0.25) is 0 Å². The molecule has 0 saturated heterocycles. The Morgan fingerprint density at radius 2 is 1.97 bits per heavy atom. The molecule has 0 aliphatic heterocycles. The first-order valence-corrected chi connectivity index (χ1v) is 10.6. The highest BCUT2D eigenvalue weighted by molar-refractivity contribution is 6.05. The molecule has 0 spiro atoms. The van der Waals surface area contributed by atoms with Gasteiger partial charge in [0.1, 0.15) is 11.5 Å². The van der Waals surface area contributed by atoms with Crippen molar-refractivity contribution in [3.8, 4) is 22.6 Å². The summed E-state index contributed by atoms with van der Waals surface area (Å²) in [6, 6.07) is 7.92. The fourth-order valence-corrected chi connectivity index (χ4v) is 4.28. The van der Waals surface area contributed by atoms with Crippen LogP contribution in [0, 0.1) is 13.8 Å². The molecule has 0 saturated carbocycles. The first-order chi connectivity index (χ1) is 17.1. The van der Waals surface area contributed by atoms with Crippen LogP contribution in [-0.2, 0) is 11.0 Å². The average molecular weight is 497 g/mol. The van der Waals surface area contributed by atoms with E-state index in [9.17, 15) is 22.8 Å². The maximum atomic E-state index is 13.8. The number of pyridine rings is 1. The number of carbonyl (C=O) groups excluding carboxylic acids is 1. The molecule has 12 heteroatoms. The van der Waals surface area contributed by atoms with Gasteiger partial charge in [-0.05, 0) is 38.1 Å². The van der Waals surface area contributed by atoms with Gasteiger partial charge in [0.05, 0.1) is 45.3 Å². The number of ether oxygens (including phenoxy) is 1. The highest BCUT2D eigenvalue weighted by Crippen LogP contribution is 2.40. The summed E-state index contributed by atoms with van der Waals surface area (Å²) < 4.78 is 53.3. The fraction of sp³-hybridized carbons (Fsp3) is 0.167. The number of nitrogens with two attached hydrogens (primary N) is 1. The number of fused-ring (bicyclic) bond motifs is 3. The summed E-state index contributed by atoms with van der Waals surface area (Å²) >= 11 is 0. The van der Waals surface area contributed by atoms with Crippen LogP contribution in [0.1, 0.15) is 17.0 Å². The smallest absolute Gasteiger partial charge is 0.418 e. The second-order valence-corrected chi connectivity index (χ2v) is 8.12. The van der Waals surface area contributed by atoms with Gasteiger partial charge in [0.25, 0.3) is 5.91 Å². The van der Waals surface area contributed by atoms with Crippen LogP contribution in [-0.4, -0.2) is 32.2 Å². The van der Waals surface area contributed by atoms with Gasteiger partial charge in [-0.1, -0.05) is 17.3 Å². The molecule has 1 amide bonds. The molecule has 0 aliphatic carbocycles. The first kappa shape index (κ1) is 23.1. The van der Waals surface area contributed by atoms with E-state index in [0.29, 0.717) is 33.5 Å². The number of imidazole rings is 1. The largest absolute Gasteiger partial charge is 0.483 e. The van der Waals surface area contributed by atoms with Crippen LogP contribution in [0.5, 0.6) is 5.75 Å². The van der Waals surface area contributed by atoms with Gasteiger partial charge in [-0.3, -0.25) is 14.3 Å². The Kier molecular flexibility index (Phi) is 5.31. The molecule has 36 heavy (non-hydrogen) atoms. The number of hydrogen-bond acceptors (Lipinski definition) is 6. The van der Waals surface area contributed by atoms with Crippen molar-refractivity contribution in [1.82, 2.24) is 19.7 Å². The van der Waals surface area contributed by atoms with Crippen LogP contribution in [0.2, 0.25) is 0 Å². The summed E-state index contributed by atoms with van der Waals surface area (Å²) in [6.07, 6.45) is -3.33. The lowest BCUT2D eigenvalue weighted by Gasteiger charge is -2.15. The number of alkyl halides is 3. The van der Waals surface area contributed by atoms with E-state index in [-0.39, 0.29) is 22.5 Å². The number of halogens is 3. The lowest BCUT2D eigenvalue weighted by molar-refractivity contribution is -0.137. The predicted octanol–water partition coefficient (Wildman–Crippen LogP) is 4.02. The zero-order valence-corrected chi connectivity index (χ0v) is 18.9. The van der Waals surface area contributed by atoms with Crippen molar-refractivity contribution in [2.24, 2.45) is 5.73 Å². The van der Waals surface area contributed by atoms with Crippen molar-refractivity contribution in [2.45, 2.75) is 20.0 Å². The maximum Gasteiger partial charge on any atom is 0.418 e. The van der Waals surface area contributed by atoms with Gasteiger partial charge in [-0.15, -0.1) is 0 Å². The van der Waals surface area contributed by atoms with Gasteiger partial charge >= 0.3 is 11.9 Å². The molecule has 0 atom stereocenters. The third-order valence-corrected chi connectivity index (χ3v) is 5.73. The van der Waals surface area contributed by atoms with Crippen LogP contribution in [0.25, 0.3) is 38.8 Å². The standard InChI is InChI=1S/C24H18F3N5O4/c1-11-21(12(2)36-31-11)14-7-16-13(8-19(14)35-10-20(28)33)22-17(9-29-16)30-23(34)32(22)18-6-4-3-5-15(18)24(25,26)27/h3-9H,10H2,1-2H3,(H2,28,33)(H,30,34). The monoisotopic (exact) mass is 497 g/mol. The summed E-state index contributed by atoms with van der Waals surface area (Å²) in [5.74, 6) is -0.0578. The highest BCUT2D eigenvalue weighted by atomic mass is 19.4. The number of nitrogens with one attached hydrogen (secondary N) is 1.